The maximum atomic E-state index is 13.6. The lowest BCUT2D eigenvalue weighted by Crippen LogP contribution is -2.44. The van der Waals surface area contributed by atoms with E-state index in [1.165, 1.54) is 0 Å². The Morgan fingerprint density at radius 1 is 1.14 bits per heavy atom. The molecule has 8 nitrogen and oxygen atoms in total. The van der Waals surface area contributed by atoms with E-state index in [-0.39, 0.29) is 41.8 Å². The van der Waals surface area contributed by atoms with Crippen molar-refractivity contribution in [1.29, 1.82) is 0 Å². The molecule has 1 aromatic carbocycles. The second-order valence-electron chi connectivity index (χ2n) is 10.2. The predicted molar refractivity (Wildman–Crippen MR) is 133 cm³/mol. The monoisotopic (exact) mass is 518 g/mol. The van der Waals surface area contributed by atoms with Gasteiger partial charge >= 0.3 is 6.18 Å². The number of benzene rings is 1. The first kappa shape index (κ1) is 26.8. The number of anilines is 2. The zero-order valence-electron chi connectivity index (χ0n) is 21.1. The molecule has 2 heterocycles. The van der Waals surface area contributed by atoms with Crippen LogP contribution in [0.5, 0.6) is 0 Å². The average Bonchev–Trinajstić information content (AvgIpc) is 3.32. The molecule has 200 valence electrons. The summed E-state index contributed by atoms with van der Waals surface area (Å²) in [7, 11) is 3.89. The summed E-state index contributed by atoms with van der Waals surface area (Å²) in [5.41, 5.74) is 5.48. The summed E-state index contributed by atoms with van der Waals surface area (Å²) in [5, 5.41) is 2.94. The Bertz CT molecular complexity index is 1120. The lowest BCUT2D eigenvalue weighted by molar-refractivity contribution is -0.138. The Labute approximate surface area is 214 Å². The van der Waals surface area contributed by atoms with E-state index in [9.17, 15) is 22.8 Å². The number of primary amides is 1. The van der Waals surface area contributed by atoms with Crippen LogP contribution in [0.15, 0.2) is 30.5 Å². The standard InChI is InChI=1S/C26H33F3N6O2/c1-34-11-9-20(10-12-34)35(2)24(37)17-5-7-19(8-6-17)32-25-31-15-21(26(27,28)29)22(33-25)14-16-3-4-18(13-16)23(30)36/h5-8,15-16,18,20H,3-4,9-14H2,1-2H3,(H2,30,36)(H,31,32,33)/t16-,18+/m0/s1. The van der Waals surface area contributed by atoms with E-state index in [0.717, 1.165) is 32.1 Å². The van der Waals surface area contributed by atoms with Crippen LogP contribution in [0.3, 0.4) is 0 Å². The number of hydrogen-bond acceptors (Lipinski definition) is 6. The van der Waals surface area contributed by atoms with Crippen LogP contribution < -0.4 is 11.1 Å². The topological polar surface area (TPSA) is 104 Å². The number of nitrogens with one attached hydrogen (secondary N) is 1. The molecule has 1 aliphatic carbocycles. The fraction of sp³-hybridized carbons (Fsp3) is 0.538. The maximum Gasteiger partial charge on any atom is 0.419 e. The molecule has 0 unspecified atom stereocenters. The minimum atomic E-state index is -4.59. The van der Waals surface area contributed by atoms with Gasteiger partial charge in [0.15, 0.2) is 0 Å². The first-order chi connectivity index (χ1) is 17.5. The quantitative estimate of drug-likeness (QED) is 0.577. The van der Waals surface area contributed by atoms with Crippen LogP contribution >= 0.6 is 0 Å². The third kappa shape index (κ3) is 6.57. The lowest BCUT2D eigenvalue weighted by atomic mass is 9.97. The number of carbonyl (C=O) groups excluding carboxylic acids is 2. The van der Waals surface area contributed by atoms with Gasteiger partial charge in [0.25, 0.3) is 5.91 Å². The number of hydrogen-bond donors (Lipinski definition) is 2. The number of amides is 2. The summed E-state index contributed by atoms with van der Waals surface area (Å²) in [6.45, 7) is 1.90. The first-order valence-electron chi connectivity index (χ1n) is 12.6. The van der Waals surface area contributed by atoms with Crippen molar-refractivity contribution < 1.29 is 22.8 Å². The molecule has 2 aromatic rings. The Morgan fingerprint density at radius 3 is 2.41 bits per heavy atom. The number of rotatable bonds is 7. The lowest BCUT2D eigenvalue weighted by Gasteiger charge is -2.35. The van der Waals surface area contributed by atoms with Gasteiger partial charge in [0.05, 0.1) is 11.3 Å². The average molecular weight is 519 g/mol. The largest absolute Gasteiger partial charge is 0.419 e. The van der Waals surface area contributed by atoms with Crippen molar-refractivity contribution in [1.82, 2.24) is 19.8 Å². The zero-order chi connectivity index (χ0) is 26.7. The van der Waals surface area contributed by atoms with E-state index < -0.39 is 17.6 Å². The second kappa shape index (κ2) is 11.0. The van der Waals surface area contributed by atoms with Crippen molar-refractivity contribution in [2.45, 2.75) is 50.7 Å². The van der Waals surface area contributed by atoms with Gasteiger partial charge in [-0.1, -0.05) is 0 Å². The minimum Gasteiger partial charge on any atom is -0.369 e. The molecule has 3 N–H and O–H groups in total. The molecule has 1 saturated carbocycles. The van der Waals surface area contributed by atoms with Gasteiger partial charge in [0, 0.05) is 36.5 Å². The Morgan fingerprint density at radius 2 is 1.81 bits per heavy atom. The third-order valence-electron chi connectivity index (χ3n) is 7.54. The molecule has 2 atom stereocenters. The van der Waals surface area contributed by atoms with Crippen LogP contribution in [0.25, 0.3) is 0 Å². The summed E-state index contributed by atoms with van der Waals surface area (Å²) in [6.07, 6.45) is -0.189. The highest BCUT2D eigenvalue weighted by atomic mass is 19.4. The first-order valence-corrected chi connectivity index (χ1v) is 12.6. The molecule has 0 spiro atoms. The highest BCUT2D eigenvalue weighted by Gasteiger charge is 2.37. The number of aromatic nitrogens is 2. The molecular formula is C26H33F3N6O2. The molecule has 2 aliphatic rings. The van der Waals surface area contributed by atoms with Crippen LogP contribution in [0.2, 0.25) is 0 Å². The molecule has 0 bridgehead atoms. The van der Waals surface area contributed by atoms with Gasteiger partial charge in [-0.2, -0.15) is 13.2 Å². The SMILES string of the molecule is CN1CCC(N(C)C(=O)c2ccc(Nc3ncc(C(F)(F)F)c(C[C@H]4CC[C@@H](C(N)=O)C4)n3)cc2)CC1. The predicted octanol–water partition coefficient (Wildman–Crippen LogP) is 3.85. The second-order valence-corrected chi connectivity index (χ2v) is 10.2. The Hall–Kier alpha value is -3.21. The molecule has 4 rings (SSSR count). The van der Waals surface area contributed by atoms with Crippen molar-refractivity contribution in [3.63, 3.8) is 0 Å². The van der Waals surface area contributed by atoms with Gasteiger partial charge in [0.1, 0.15) is 0 Å². The van der Waals surface area contributed by atoms with E-state index >= 15 is 0 Å². The highest BCUT2D eigenvalue weighted by molar-refractivity contribution is 5.94. The van der Waals surface area contributed by atoms with Gasteiger partial charge < -0.3 is 20.9 Å². The van der Waals surface area contributed by atoms with Crippen molar-refractivity contribution in [2.75, 3.05) is 32.5 Å². The van der Waals surface area contributed by atoms with Crippen LogP contribution in [0, 0.1) is 11.8 Å². The smallest absolute Gasteiger partial charge is 0.369 e. The number of piperidine rings is 1. The fourth-order valence-electron chi connectivity index (χ4n) is 5.24. The van der Waals surface area contributed by atoms with Gasteiger partial charge in [-0.3, -0.25) is 9.59 Å². The van der Waals surface area contributed by atoms with Crippen LogP contribution in [-0.2, 0) is 17.4 Å². The van der Waals surface area contributed by atoms with Crippen LogP contribution in [0.4, 0.5) is 24.8 Å². The van der Waals surface area contributed by atoms with Crippen molar-refractivity contribution in [3.8, 4) is 0 Å². The van der Waals surface area contributed by atoms with E-state index in [2.05, 4.69) is 27.2 Å². The molecular weight excluding hydrogens is 485 g/mol. The number of alkyl halides is 3. The van der Waals surface area contributed by atoms with E-state index in [1.807, 2.05) is 7.05 Å². The molecule has 1 saturated heterocycles. The Balaban J connectivity index is 1.45. The van der Waals surface area contributed by atoms with Crippen LogP contribution in [-0.4, -0.2) is 64.8 Å². The molecule has 1 aromatic heterocycles. The zero-order valence-corrected chi connectivity index (χ0v) is 21.1. The van der Waals surface area contributed by atoms with E-state index in [4.69, 9.17) is 5.73 Å². The maximum absolute atomic E-state index is 13.6. The summed E-state index contributed by atoms with van der Waals surface area (Å²) >= 11 is 0. The van der Waals surface area contributed by atoms with Gasteiger partial charge in [0.2, 0.25) is 11.9 Å². The van der Waals surface area contributed by atoms with Gasteiger partial charge in [-0.25, -0.2) is 9.97 Å². The van der Waals surface area contributed by atoms with E-state index in [0.29, 0.717) is 30.5 Å². The molecule has 37 heavy (non-hydrogen) atoms. The number of nitrogens with zero attached hydrogens (tertiary/aromatic N) is 4. The molecule has 1 aliphatic heterocycles. The summed E-state index contributed by atoms with van der Waals surface area (Å²) in [5.74, 6) is -0.857. The molecule has 11 heteroatoms. The summed E-state index contributed by atoms with van der Waals surface area (Å²) in [4.78, 5) is 36.5. The minimum absolute atomic E-state index is 0.0370. The van der Waals surface area contributed by atoms with Crippen LogP contribution in [0.1, 0.15) is 53.7 Å². The number of carbonyl (C=O) groups is 2. The van der Waals surface area contributed by atoms with Crippen molar-refractivity contribution in [3.05, 3.63) is 47.3 Å². The van der Waals surface area contributed by atoms with Gasteiger partial charge in [-0.05, 0) is 88.8 Å². The highest BCUT2D eigenvalue weighted by Crippen LogP contribution is 2.37. The third-order valence-corrected chi connectivity index (χ3v) is 7.54. The normalized spacial score (nSPS) is 21.1. The fourth-order valence-corrected chi connectivity index (χ4v) is 5.24. The number of nitrogens with two attached hydrogens (primary N) is 1. The number of halogens is 3. The molecule has 0 radical (unpaired) electrons. The summed E-state index contributed by atoms with van der Waals surface area (Å²) in [6, 6.07) is 6.93. The number of likely N-dealkylation sites (tertiary alicyclic amines) is 1. The molecule has 2 amide bonds. The van der Waals surface area contributed by atoms with Crippen molar-refractivity contribution >= 4 is 23.5 Å². The molecule has 2 fully saturated rings. The Kier molecular flexibility index (Phi) is 8.01. The van der Waals surface area contributed by atoms with E-state index in [1.54, 1.807) is 29.2 Å². The van der Waals surface area contributed by atoms with Crippen molar-refractivity contribution in [2.24, 2.45) is 17.6 Å². The summed E-state index contributed by atoms with van der Waals surface area (Å²) < 4.78 is 40.8. The van der Waals surface area contributed by atoms with Gasteiger partial charge in [-0.15, -0.1) is 0 Å².